The van der Waals surface area contributed by atoms with Crippen LogP contribution in [0.15, 0.2) is 57.7 Å². The summed E-state index contributed by atoms with van der Waals surface area (Å²) in [5.74, 6) is 0.649. The predicted molar refractivity (Wildman–Crippen MR) is 97.0 cm³/mol. The van der Waals surface area contributed by atoms with Gasteiger partial charge in [-0.15, -0.1) is 0 Å². The van der Waals surface area contributed by atoms with Gasteiger partial charge in [0.25, 0.3) is 0 Å². The molecule has 5 heteroatoms. The van der Waals surface area contributed by atoms with Gasteiger partial charge in [0.2, 0.25) is 0 Å². The maximum atomic E-state index is 12.2. The first-order chi connectivity index (χ1) is 12.2. The van der Waals surface area contributed by atoms with Crippen molar-refractivity contribution in [3.8, 4) is 5.75 Å². The number of fused-ring (bicyclic) bond motifs is 1. The molecule has 1 aliphatic heterocycles. The van der Waals surface area contributed by atoms with Gasteiger partial charge in [0.1, 0.15) is 5.75 Å². The molecule has 3 aromatic rings. The monoisotopic (exact) mass is 338 g/mol. The van der Waals surface area contributed by atoms with Crippen LogP contribution in [0.25, 0.3) is 11.1 Å². The minimum atomic E-state index is -0.243. The summed E-state index contributed by atoms with van der Waals surface area (Å²) >= 11 is 0. The lowest BCUT2D eigenvalue weighted by molar-refractivity contribution is 0.177. The lowest BCUT2D eigenvalue weighted by Gasteiger charge is -2.32. The van der Waals surface area contributed by atoms with Crippen LogP contribution in [0.4, 0.5) is 0 Å². The van der Waals surface area contributed by atoms with Crippen molar-refractivity contribution < 1.29 is 9.15 Å². The summed E-state index contributed by atoms with van der Waals surface area (Å²) in [5, 5.41) is 0. The van der Waals surface area contributed by atoms with Gasteiger partial charge in [-0.3, -0.25) is 9.47 Å². The summed E-state index contributed by atoms with van der Waals surface area (Å²) in [7, 11) is 1.69. The molecule has 0 N–H and O–H groups in total. The molecule has 0 atom stereocenters. The van der Waals surface area contributed by atoms with Crippen LogP contribution in [-0.2, 0) is 6.54 Å². The van der Waals surface area contributed by atoms with Crippen molar-refractivity contribution in [2.24, 2.45) is 0 Å². The highest BCUT2D eigenvalue weighted by Crippen LogP contribution is 2.26. The number of hydrogen-bond acceptors (Lipinski definition) is 4. The number of benzene rings is 2. The minimum Gasteiger partial charge on any atom is -0.497 e. The van der Waals surface area contributed by atoms with E-state index in [-0.39, 0.29) is 11.8 Å². The molecule has 5 nitrogen and oxygen atoms in total. The van der Waals surface area contributed by atoms with Gasteiger partial charge in [0.05, 0.1) is 12.6 Å². The Balaban J connectivity index is 1.46. The highest BCUT2D eigenvalue weighted by atomic mass is 16.5. The Morgan fingerprint density at radius 2 is 1.92 bits per heavy atom. The van der Waals surface area contributed by atoms with Gasteiger partial charge in [-0.05, 0) is 42.7 Å². The molecule has 1 aromatic heterocycles. The number of nitrogens with zero attached hydrogens (tertiary/aromatic N) is 2. The molecule has 0 aliphatic carbocycles. The molecule has 0 bridgehead atoms. The predicted octanol–water partition coefficient (Wildman–Crippen LogP) is 3.44. The molecule has 0 unspecified atom stereocenters. The molecule has 2 heterocycles. The molecule has 0 radical (unpaired) electrons. The van der Waals surface area contributed by atoms with Crippen LogP contribution in [-0.4, -0.2) is 29.7 Å². The first-order valence-electron chi connectivity index (χ1n) is 8.70. The lowest BCUT2D eigenvalue weighted by atomic mass is 10.0. The Kier molecular flexibility index (Phi) is 4.32. The van der Waals surface area contributed by atoms with Crippen LogP contribution in [0, 0.1) is 0 Å². The summed E-state index contributed by atoms with van der Waals surface area (Å²) in [6.45, 7) is 2.84. The van der Waals surface area contributed by atoms with Gasteiger partial charge >= 0.3 is 5.76 Å². The van der Waals surface area contributed by atoms with Crippen molar-refractivity contribution in [1.82, 2.24) is 9.47 Å². The van der Waals surface area contributed by atoms with Crippen molar-refractivity contribution in [2.75, 3.05) is 20.2 Å². The summed E-state index contributed by atoms with van der Waals surface area (Å²) in [5.41, 5.74) is 2.83. The first-order valence-corrected chi connectivity index (χ1v) is 8.70. The lowest BCUT2D eigenvalue weighted by Crippen LogP contribution is -2.36. The molecular formula is C20H22N2O3. The van der Waals surface area contributed by atoms with E-state index in [1.165, 1.54) is 5.56 Å². The minimum absolute atomic E-state index is 0.206. The Morgan fingerprint density at radius 3 is 2.72 bits per heavy atom. The third-order valence-corrected chi connectivity index (χ3v) is 4.98. The third kappa shape index (κ3) is 3.20. The maximum Gasteiger partial charge on any atom is 0.420 e. The number of oxazole rings is 1. The highest BCUT2D eigenvalue weighted by Gasteiger charge is 2.24. The smallest absolute Gasteiger partial charge is 0.420 e. The Bertz CT molecular complexity index is 920. The highest BCUT2D eigenvalue weighted by molar-refractivity contribution is 5.72. The van der Waals surface area contributed by atoms with E-state index in [1.807, 2.05) is 41.0 Å². The van der Waals surface area contributed by atoms with Crippen molar-refractivity contribution in [3.63, 3.8) is 0 Å². The third-order valence-electron chi connectivity index (χ3n) is 4.98. The van der Waals surface area contributed by atoms with E-state index in [0.29, 0.717) is 5.58 Å². The standard InChI is InChI=1S/C20H22N2O3/c1-24-17-6-4-5-15(13-17)14-21-11-9-16(10-12-21)22-18-7-2-3-8-19(18)25-20(22)23/h2-8,13,16H,9-12,14H2,1H3. The van der Waals surface area contributed by atoms with E-state index >= 15 is 0 Å². The zero-order chi connectivity index (χ0) is 17.2. The number of piperidine rings is 1. The molecule has 4 rings (SSSR count). The second-order valence-electron chi connectivity index (χ2n) is 6.56. The fraction of sp³-hybridized carbons (Fsp3) is 0.350. The van der Waals surface area contributed by atoms with Crippen molar-refractivity contribution >= 4 is 11.1 Å². The fourth-order valence-corrected chi connectivity index (χ4v) is 3.69. The van der Waals surface area contributed by atoms with E-state index in [4.69, 9.17) is 9.15 Å². The SMILES string of the molecule is COc1cccc(CN2CCC(n3c(=O)oc4ccccc43)CC2)c1. The zero-order valence-corrected chi connectivity index (χ0v) is 14.4. The van der Waals surface area contributed by atoms with Crippen molar-refractivity contribution in [3.05, 3.63) is 64.6 Å². The maximum absolute atomic E-state index is 12.2. The summed E-state index contributed by atoms with van der Waals surface area (Å²) in [4.78, 5) is 14.7. The van der Waals surface area contributed by atoms with Crippen molar-refractivity contribution in [1.29, 1.82) is 0 Å². The van der Waals surface area contributed by atoms with Crippen LogP contribution >= 0.6 is 0 Å². The number of ether oxygens (including phenoxy) is 1. The molecule has 25 heavy (non-hydrogen) atoms. The molecule has 1 aliphatic rings. The largest absolute Gasteiger partial charge is 0.497 e. The quantitative estimate of drug-likeness (QED) is 0.731. The van der Waals surface area contributed by atoms with Crippen LogP contribution in [0.3, 0.4) is 0 Å². The molecule has 130 valence electrons. The molecule has 0 spiro atoms. The van der Waals surface area contributed by atoms with Crippen LogP contribution in [0.5, 0.6) is 5.75 Å². The van der Waals surface area contributed by atoms with E-state index in [0.717, 1.165) is 43.7 Å². The second-order valence-corrected chi connectivity index (χ2v) is 6.56. The topological polar surface area (TPSA) is 47.6 Å². The summed E-state index contributed by atoms with van der Waals surface area (Å²) in [6.07, 6.45) is 1.90. The molecule has 0 amide bonds. The number of hydrogen-bond donors (Lipinski definition) is 0. The van der Waals surface area contributed by atoms with Gasteiger partial charge in [0, 0.05) is 25.7 Å². The van der Waals surface area contributed by atoms with Gasteiger partial charge in [-0.25, -0.2) is 4.79 Å². The molecule has 1 saturated heterocycles. The Labute approximate surface area is 146 Å². The van der Waals surface area contributed by atoms with Gasteiger partial charge in [0.15, 0.2) is 5.58 Å². The van der Waals surface area contributed by atoms with Crippen LogP contribution in [0.1, 0.15) is 24.4 Å². The van der Waals surface area contributed by atoms with Gasteiger partial charge in [-0.2, -0.15) is 0 Å². The fourth-order valence-electron chi connectivity index (χ4n) is 3.69. The number of methoxy groups -OCH3 is 1. The van der Waals surface area contributed by atoms with E-state index in [2.05, 4.69) is 17.0 Å². The summed E-state index contributed by atoms with van der Waals surface area (Å²) in [6, 6.07) is 16.1. The number of likely N-dealkylation sites (tertiary alicyclic amines) is 1. The average molecular weight is 338 g/mol. The second kappa shape index (κ2) is 6.76. The Morgan fingerprint density at radius 1 is 1.12 bits per heavy atom. The number of rotatable bonds is 4. The van der Waals surface area contributed by atoms with E-state index < -0.39 is 0 Å². The molecule has 0 saturated carbocycles. The van der Waals surface area contributed by atoms with Crippen molar-refractivity contribution in [2.45, 2.75) is 25.4 Å². The normalized spacial score (nSPS) is 16.4. The van der Waals surface area contributed by atoms with Gasteiger partial charge in [-0.1, -0.05) is 24.3 Å². The Hall–Kier alpha value is -2.53. The van der Waals surface area contributed by atoms with Gasteiger partial charge < -0.3 is 9.15 Å². The zero-order valence-electron chi connectivity index (χ0n) is 14.4. The average Bonchev–Trinajstić information content (AvgIpc) is 2.98. The molecule has 1 fully saturated rings. The van der Waals surface area contributed by atoms with Crippen LogP contribution in [0.2, 0.25) is 0 Å². The number of para-hydroxylation sites is 2. The summed E-state index contributed by atoms with van der Waals surface area (Å²) < 4.78 is 12.5. The number of aromatic nitrogens is 1. The van der Waals surface area contributed by atoms with Crippen LogP contribution < -0.4 is 10.5 Å². The first kappa shape index (κ1) is 16.0. The van der Waals surface area contributed by atoms with E-state index in [1.54, 1.807) is 7.11 Å². The molecule has 2 aromatic carbocycles. The molecular weight excluding hydrogens is 316 g/mol. The van der Waals surface area contributed by atoms with E-state index in [9.17, 15) is 4.79 Å².